The van der Waals surface area contributed by atoms with E-state index in [-0.39, 0.29) is 48.6 Å². The molecule has 0 fully saturated rings. The van der Waals surface area contributed by atoms with Crippen molar-refractivity contribution in [3.8, 4) is 0 Å². The summed E-state index contributed by atoms with van der Waals surface area (Å²) in [7, 11) is 0. The molecule has 23 heavy (non-hydrogen) atoms. The molecule has 5 nitrogen and oxygen atoms in total. The summed E-state index contributed by atoms with van der Waals surface area (Å²) in [5.41, 5.74) is 6.90. The SMILES string of the molecule is CC(NC(=O)CNC(=O)[C@@H](N)C(C)C)C(C)c1ccccc1.Cl. The van der Waals surface area contributed by atoms with Gasteiger partial charge in [-0.25, -0.2) is 0 Å². The van der Waals surface area contributed by atoms with E-state index < -0.39 is 6.04 Å². The maximum atomic E-state index is 11.9. The zero-order chi connectivity index (χ0) is 16.7. The molecule has 0 bridgehead atoms. The third-order valence-corrected chi connectivity index (χ3v) is 3.91. The molecule has 0 aromatic heterocycles. The van der Waals surface area contributed by atoms with Gasteiger partial charge in [-0.1, -0.05) is 51.1 Å². The fraction of sp³-hybridized carbons (Fsp3) is 0.529. The molecule has 0 aliphatic carbocycles. The number of nitrogens with two attached hydrogens (primary N) is 1. The molecule has 0 aliphatic heterocycles. The van der Waals surface area contributed by atoms with Gasteiger partial charge in [-0.3, -0.25) is 9.59 Å². The highest BCUT2D eigenvalue weighted by Gasteiger charge is 2.19. The van der Waals surface area contributed by atoms with Crippen LogP contribution in [0, 0.1) is 5.92 Å². The van der Waals surface area contributed by atoms with Gasteiger partial charge in [0.05, 0.1) is 12.6 Å². The molecule has 130 valence electrons. The zero-order valence-corrected chi connectivity index (χ0v) is 15.0. The van der Waals surface area contributed by atoms with Crippen LogP contribution >= 0.6 is 12.4 Å². The largest absolute Gasteiger partial charge is 0.352 e. The summed E-state index contributed by atoms with van der Waals surface area (Å²) in [6.45, 7) is 7.71. The number of hydrogen-bond donors (Lipinski definition) is 3. The van der Waals surface area contributed by atoms with Gasteiger partial charge in [-0.2, -0.15) is 0 Å². The Labute approximate surface area is 144 Å². The van der Waals surface area contributed by atoms with Crippen LogP contribution < -0.4 is 16.4 Å². The average molecular weight is 342 g/mol. The first-order valence-electron chi connectivity index (χ1n) is 7.70. The summed E-state index contributed by atoms with van der Waals surface area (Å²) in [6.07, 6.45) is 0. The van der Waals surface area contributed by atoms with Crippen LogP contribution in [0.2, 0.25) is 0 Å². The molecule has 0 saturated carbocycles. The van der Waals surface area contributed by atoms with Gasteiger partial charge < -0.3 is 16.4 Å². The molecular formula is C17H28ClN3O2. The summed E-state index contributed by atoms with van der Waals surface area (Å²) in [5, 5.41) is 5.48. The highest BCUT2D eigenvalue weighted by molar-refractivity contribution is 5.87. The van der Waals surface area contributed by atoms with Crippen LogP contribution in [0.15, 0.2) is 30.3 Å². The number of rotatable bonds is 7. The van der Waals surface area contributed by atoms with E-state index >= 15 is 0 Å². The zero-order valence-electron chi connectivity index (χ0n) is 14.2. The Morgan fingerprint density at radius 3 is 2.17 bits per heavy atom. The summed E-state index contributed by atoms with van der Waals surface area (Å²) >= 11 is 0. The molecule has 3 atom stereocenters. The van der Waals surface area contributed by atoms with E-state index in [1.165, 1.54) is 5.56 Å². The van der Waals surface area contributed by atoms with Gasteiger partial charge in [0.25, 0.3) is 0 Å². The van der Waals surface area contributed by atoms with Gasteiger partial charge in [0.15, 0.2) is 0 Å². The van der Waals surface area contributed by atoms with Gasteiger partial charge >= 0.3 is 0 Å². The number of carbonyl (C=O) groups excluding carboxylic acids is 2. The molecule has 0 aliphatic rings. The maximum absolute atomic E-state index is 11.9. The lowest BCUT2D eigenvalue weighted by molar-refractivity contribution is -0.127. The average Bonchev–Trinajstić information content (AvgIpc) is 2.51. The minimum absolute atomic E-state index is 0. The second-order valence-electron chi connectivity index (χ2n) is 6.04. The van der Waals surface area contributed by atoms with E-state index in [0.29, 0.717) is 0 Å². The number of amides is 2. The van der Waals surface area contributed by atoms with Crippen LogP contribution in [0.25, 0.3) is 0 Å². The second kappa shape index (κ2) is 10.2. The second-order valence-corrected chi connectivity index (χ2v) is 6.04. The number of benzene rings is 1. The van der Waals surface area contributed by atoms with Crippen LogP contribution in [-0.2, 0) is 9.59 Å². The number of hydrogen-bond acceptors (Lipinski definition) is 3. The molecule has 0 saturated heterocycles. The monoisotopic (exact) mass is 341 g/mol. The summed E-state index contributed by atoms with van der Waals surface area (Å²) in [5.74, 6) is -0.271. The molecule has 6 heteroatoms. The number of halogens is 1. The molecular weight excluding hydrogens is 314 g/mol. The van der Waals surface area contributed by atoms with Gasteiger partial charge in [-0.05, 0) is 18.4 Å². The molecule has 4 N–H and O–H groups in total. The summed E-state index contributed by atoms with van der Waals surface area (Å²) in [6, 6.07) is 9.39. The Balaban J connectivity index is 0.00000484. The van der Waals surface area contributed by atoms with E-state index in [0.717, 1.165) is 0 Å². The van der Waals surface area contributed by atoms with Crippen molar-refractivity contribution in [3.05, 3.63) is 35.9 Å². The Hall–Kier alpha value is -1.59. The van der Waals surface area contributed by atoms with E-state index in [1.54, 1.807) is 0 Å². The quantitative estimate of drug-likeness (QED) is 0.707. The Morgan fingerprint density at radius 2 is 1.65 bits per heavy atom. The molecule has 1 aromatic rings. The van der Waals surface area contributed by atoms with Crippen molar-refractivity contribution >= 4 is 24.2 Å². The van der Waals surface area contributed by atoms with Crippen molar-refractivity contribution in [2.75, 3.05) is 6.54 Å². The third-order valence-electron chi connectivity index (χ3n) is 3.91. The first-order chi connectivity index (χ1) is 10.3. The Morgan fingerprint density at radius 1 is 1.09 bits per heavy atom. The first kappa shape index (κ1) is 21.4. The van der Waals surface area contributed by atoms with Gasteiger partial charge in [0.2, 0.25) is 11.8 Å². The molecule has 0 spiro atoms. The lowest BCUT2D eigenvalue weighted by Crippen LogP contribution is -2.48. The van der Waals surface area contributed by atoms with Crippen molar-refractivity contribution in [2.24, 2.45) is 11.7 Å². The van der Waals surface area contributed by atoms with E-state index in [9.17, 15) is 9.59 Å². The van der Waals surface area contributed by atoms with Crippen LogP contribution in [0.4, 0.5) is 0 Å². The minimum atomic E-state index is -0.589. The van der Waals surface area contributed by atoms with E-state index in [1.807, 2.05) is 51.1 Å². The predicted octanol–water partition coefficient (Wildman–Crippen LogP) is 1.82. The van der Waals surface area contributed by atoms with Gasteiger partial charge in [-0.15, -0.1) is 12.4 Å². The maximum Gasteiger partial charge on any atom is 0.239 e. The molecule has 2 unspecified atom stereocenters. The third kappa shape index (κ3) is 7.01. The molecule has 1 rings (SSSR count). The Bertz CT molecular complexity index is 494. The van der Waals surface area contributed by atoms with E-state index in [4.69, 9.17) is 5.73 Å². The Kier molecular flexibility index (Phi) is 9.53. The fourth-order valence-electron chi connectivity index (χ4n) is 2.06. The van der Waals surface area contributed by atoms with Gasteiger partial charge in [0.1, 0.15) is 0 Å². The van der Waals surface area contributed by atoms with Crippen molar-refractivity contribution in [2.45, 2.75) is 45.7 Å². The minimum Gasteiger partial charge on any atom is -0.352 e. The van der Waals surface area contributed by atoms with Crippen LogP contribution in [0.1, 0.15) is 39.2 Å². The number of nitrogens with one attached hydrogen (secondary N) is 2. The normalized spacial score (nSPS) is 14.3. The smallest absolute Gasteiger partial charge is 0.239 e. The van der Waals surface area contributed by atoms with Crippen LogP contribution in [0.3, 0.4) is 0 Å². The predicted molar refractivity (Wildman–Crippen MR) is 95.5 cm³/mol. The standard InChI is InChI=1S/C17H27N3O2.ClH/c1-11(2)16(18)17(22)19-10-15(21)20-13(4)12(3)14-8-6-5-7-9-14;/h5-9,11-13,16H,10,18H2,1-4H3,(H,19,22)(H,20,21);1H/t12?,13?,16-;/m0./s1. The van der Waals surface area contributed by atoms with Crippen LogP contribution in [-0.4, -0.2) is 30.4 Å². The first-order valence-corrected chi connectivity index (χ1v) is 7.70. The van der Waals surface area contributed by atoms with Crippen molar-refractivity contribution < 1.29 is 9.59 Å². The fourth-order valence-corrected chi connectivity index (χ4v) is 2.06. The summed E-state index contributed by atoms with van der Waals surface area (Å²) in [4.78, 5) is 23.6. The van der Waals surface area contributed by atoms with Crippen molar-refractivity contribution in [1.29, 1.82) is 0 Å². The molecule has 0 heterocycles. The highest BCUT2D eigenvalue weighted by atomic mass is 35.5. The van der Waals surface area contributed by atoms with E-state index in [2.05, 4.69) is 17.6 Å². The lowest BCUT2D eigenvalue weighted by atomic mass is 9.94. The molecule has 0 radical (unpaired) electrons. The van der Waals surface area contributed by atoms with Gasteiger partial charge in [0, 0.05) is 12.0 Å². The molecule has 1 aromatic carbocycles. The van der Waals surface area contributed by atoms with Crippen LogP contribution in [0.5, 0.6) is 0 Å². The van der Waals surface area contributed by atoms with Crippen molar-refractivity contribution in [1.82, 2.24) is 10.6 Å². The van der Waals surface area contributed by atoms with Crippen molar-refractivity contribution in [3.63, 3.8) is 0 Å². The highest BCUT2D eigenvalue weighted by Crippen LogP contribution is 2.18. The molecule has 2 amide bonds. The summed E-state index contributed by atoms with van der Waals surface area (Å²) < 4.78 is 0. The lowest BCUT2D eigenvalue weighted by Gasteiger charge is -2.22. The topological polar surface area (TPSA) is 84.2 Å². The number of carbonyl (C=O) groups is 2.